The number of nitrogen functional groups attached to an aromatic ring is 1. The average Bonchev–Trinajstić information content (AvgIpc) is 2.92. The first kappa shape index (κ1) is 24.2. The van der Waals surface area contributed by atoms with Crippen molar-refractivity contribution in [3.63, 3.8) is 0 Å². The molecule has 0 unspecified atom stereocenters. The molecule has 6 nitrogen and oxygen atoms in total. The number of fused-ring (bicyclic) bond motifs is 1. The summed E-state index contributed by atoms with van der Waals surface area (Å²) < 4.78 is 10.7. The summed E-state index contributed by atoms with van der Waals surface area (Å²) >= 11 is 12.2. The predicted octanol–water partition coefficient (Wildman–Crippen LogP) is 4.51. The molecule has 0 aliphatic carbocycles. The van der Waals surface area contributed by atoms with Crippen LogP contribution in [0.1, 0.15) is 23.1 Å². The maximum absolute atomic E-state index is 12.8. The topological polar surface area (TPSA) is 68.0 Å². The van der Waals surface area contributed by atoms with Crippen molar-refractivity contribution in [3.05, 3.63) is 57.2 Å². The Morgan fingerprint density at radius 3 is 2.38 bits per heavy atom. The summed E-state index contributed by atoms with van der Waals surface area (Å²) in [4.78, 5) is 16.8. The van der Waals surface area contributed by atoms with Gasteiger partial charge in [0, 0.05) is 19.3 Å². The number of likely N-dealkylation sites (N-methyl/N-ethyl adjacent to an activating group) is 1. The number of amides is 1. The third kappa shape index (κ3) is 5.88. The second kappa shape index (κ2) is 10.9. The van der Waals surface area contributed by atoms with E-state index in [1.54, 1.807) is 19.1 Å². The Kier molecular flexibility index (Phi) is 8.29. The van der Waals surface area contributed by atoms with E-state index in [1.165, 1.54) is 0 Å². The van der Waals surface area contributed by atoms with Gasteiger partial charge in [-0.1, -0.05) is 23.2 Å². The van der Waals surface area contributed by atoms with Crippen LogP contribution in [0.15, 0.2) is 30.5 Å². The number of ether oxygens (including phenoxy) is 2. The molecule has 1 aliphatic rings. The molecule has 1 heterocycles. The van der Waals surface area contributed by atoms with Crippen molar-refractivity contribution in [2.75, 3.05) is 46.6 Å². The molecule has 0 spiro atoms. The van der Waals surface area contributed by atoms with E-state index in [4.69, 9.17) is 38.4 Å². The predicted molar refractivity (Wildman–Crippen MR) is 131 cm³/mol. The van der Waals surface area contributed by atoms with Crippen LogP contribution in [0.25, 0.3) is 6.08 Å². The summed E-state index contributed by atoms with van der Waals surface area (Å²) in [7, 11) is 5.27. The van der Waals surface area contributed by atoms with Gasteiger partial charge in [0.15, 0.2) is 11.5 Å². The monoisotopic (exact) mass is 477 g/mol. The van der Waals surface area contributed by atoms with Gasteiger partial charge < -0.3 is 25.0 Å². The van der Waals surface area contributed by atoms with Gasteiger partial charge in [-0.2, -0.15) is 0 Å². The van der Waals surface area contributed by atoms with E-state index in [9.17, 15) is 4.79 Å². The summed E-state index contributed by atoms with van der Waals surface area (Å²) in [5.41, 5.74) is 9.17. The van der Waals surface area contributed by atoms with Gasteiger partial charge in [-0.3, -0.25) is 4.79 Å². The minimum Gasteiger partial charge on any atom is -0.493 e. The molecule has 0 aromatic heterocycles. The fraction of sp³-hybridized carbons (Fsp3) is 0.375. The standard InChI is InChI=1S/C24H29Cl2N3O3/c1-28(9-5-16-11-19(25)24(27)20(26)12-16)7-4-8-29-10-6-17-13-21(31-2)22(32-3)14-18(17)15-23(29)30/h6,10-14H,4-5,7-9,15,27H2,1-3H3. The summed E-state index contributed by atoms with van der Waals surface area (Å²) in [6.45, 7) is 2.37. The molecule has 3 rings (SSSR count). The van der Waals surface area contributed by atoms with Crippen LogP contribution in [0.3, 0.4) is 0 Å². The zero-order valence-corrected chi connectivity index (χ0v) is 20.2. The van der Waals surface area contributed by atoms with Gasteiger partial charge >= 0.3 is 0 Å². The lowest BCUT2D eigenvalue weighted by atomic mass is 10.0. The van der Waals surface area contributed by atoms with Crippen LogP contribution >= 0.6 is 23.2 Å². The van der Waals surface area contributed by atoms with E-state index < -0.39 is 0 Å². The lowest BCUT2D eigenvalue weighted by Crippen LogP contribution is -2.30. The van der Waals surface area contributed by atoms with E-state index in [2.05, 4.69) is 11.9 Å². The number of carbonyl (C=O) groups excluding carboxylic acids is 1. The lowest BCUT2D eigenvalue weighted by molar-refractivity contribution is -0.127. The van der Waals surface area contributed by atoms with Gasteiger partial charge in [0.05, 0.1) is 36.4 Å². The lowest BCUT2D eigenvalue weighted by Gasteiger charge is -2.21. The Balaban J connectivity index is 1.52. The quantitative estimate of drug-likeness (QED) is 0.537. The molecule has 172 valence electrons. The van der Waals surface area contributed by atoms with Gasteiger partial charge in [0.2, 0.25) is 5.91 Å². The number of methoxy groups -OCH3 is 2. The molecular formula is C24H29Cl2N3O3. The second-order valence-electron chi connectivity index (χ2n) is 7.87. The van der Waals surface area contributed by atoms with Gasteiger partial charge in [-0.25, -0.2) is 0 Å². The Bertz CT molecular complexity index is 987. The molecular weight excluding hydrogens is 449 g/mol. The van der Waals surface area contributed by atoms with Crippen molar-refractivity contribution in [2.24, 2.45) is 0 Å². The largest absolute Gasteiger partial charge is 0.493 e. The van der Waals surface area contributed by atoms with Crippen LogP contribution in [0, 0.1) is 0 Å². The van der Waals surface area contributed by atoms with Crippen molar-refractivity contribution < 1.29 is 14.3 Å². The van der Waals surface area contributed by atoms with Crippen LogP contribution in [0.2, 0.25) is 10.0 Å². The van der Waals surface area contributed by atoms with E-state index in [-0.39, 0.29) is 5.91 Å². The molecule has 0 saturated carbocycles. The number of carbonyl (C=O) groups is 1. The fourth-order valence-corrected chi connectivity index (χ4v) is 4.22. The smallest absolute Gasteiger partial charge is 0.230 e. The van der Waals surface area contributed by atoms with Crippen molar-refractivity contribution in [2.45, 2.75) is 19.3 Å². The molecule has 2 N–H and O–H groups in total. The number of anilines is 1. The van der Waals surface area contributed by atoms with E-state index >= 15 is 0 Å². The highest BCUT2D eigenvalue weighted by molar-refractivity contribution is 6.38. The summed E-state index contributed by atoms with van der Waals surface area (Å²) in [5.74, 6) is 1.36. The number of hydrogen-bond acceptors (Lipinski definition) is 5. The van der Waals surface area contributed by atoms with Gasteiger partial charge in [0.1, 0.15) is 0 Å². The Morgan fingerprint density at radius 1 is 1.06 bits per heavy atom. The van der Waals surface area contributed by atoms with Gasteiger partial charge in [-0.05, 0) is 73.5 Å². The first-order valence-corrected chi connectivity index (χ1v) is 11.2. The van der Waals surface area contributed by atoms with Crippen molar-refractivity contribution in [1.82, 2.24) is 9.80 Å². The van der Waals surface area contributed by atoms with Gasteiger partial charge in [-0.15, -0.1) is 0 Å². The molecule has 32 heavy (non-hydrogen) atoms. The van der Waals surface area contributed by atoms with Crippen molar-refractivity contribution in [3.8, 4) is 11.5 Å². The molecule has 1 aliphatic heterocycles. The second-order valence-corrected chi connectivity index (χ2v) is 8.68. The number of nitrogens with two attached hydrogens (primary N) is 1. The maximum atomic E-state index is 12.8. The molecule has 0 bridgehead atoms. The number of nitrogens with zero attached hydrogens (tertiary/aromatic N) is 2. The molecule has 0 saturated heterocycles. The van der Waals surface area contributed by atoms with Crippen LogP contribution in [-0.2, 0) is 17.6 Å². The zero-order chi connectivity index (χ0) is 23.3. The SMILES string of the molecule is COc1cc2c(cc1OC)CC(=O)N(CCCN(C)CCc1cc(Cl)c(N)c(Cl)c1)C=C2. The highest BCUT2D eigenvalue weighted by Gasteiger charge is 2.19. The summed E-state index contributed by atoms with van der Waals surface area (Å²) in [5, 5.41) is 0.968. The van der Waals surface area contributed by atoms with E-state index in [0.717, 1.165) is 42.6 Å². The third-order valence-corrected chi connectivity index (χ3v) is 6.23. The van der Waals surface area contributed by atoms with Crippen LogP contribution in [0.5, 0.6) is 11.5 Å². The van der Waals surface area contributed by atoms with Crippen LogP contribution in [0.4, 0.5) is 5.69 Å². The highest BCUT2D eigenvalue weighted by Crippen LogP contribution is 2.33. The average molecular weight is 478 g/mol. The minimum absolute atomic E-state index is 0.0704. The summed E-state index contributed by atoms with van der Waals surface area (Å²) in [6.07, 6.45) is 5.83. The number of hydrogen-bond donors (Lipinski definition) is 1. The maximum Gasteiger partial charge on any atom is 0.230 e. The summed E-state index contributed by atoms with van der Waals surface area (Å²) in [6, 6.07) is 7.51. The zero-order valence-electron chi connectivity index (χ0n) is 18.7. The first-order chi connectivity index (χ1) is 15.3. The molecule has 0 fully saturated rings. The Morgan fingerprint density at radius 2 is 1.72 bits per heavy atom. The molecule has 2 aromatic carbocycles. The normalized spacial score (nSPS) is 13.3. The first-order valence-electron chi connectivity index (χ1n) is 10.5. The number of benzene rings is 2. The number of halogens is 2. The third-order valence-electron chi connectivity index (χ3n) is 5.60. The fourth-order valence-electron chi connectivity index (χ4n) is 3.69. The molecule has 1 amide bonds. The minimum atomic E-state index is 0.0704. The molecule has 0 radical (unpaired) electrons. The van der Waals surface area contributed by atoms with Gasteiger partial charge in [0.25, 0.3) is 0 Å². The molecule has 0 atom stereocenters. The Labute approximate surface area is 199 Å². The van der Waals surface area contributed by atoms with Crippen molar-refractivity contribution >= 4 is 40.9 Å². The van der Waals surface area contributed by atoms with Crippen LogP contribution in [-0.4, -0.2) is 56.6 Å². The van der Waals surface area contributed by atoms with Crippen molar-refractivity contribution in [1.29, 1.82) is 0 Å². The highest BCUT2D eigenvalue weighted by atomic mass is 35.5. The molecule has 2 aromatic rings. The molecule has 8 heteroatoms. The van der Waals surface area contributed by atoms with Crippen LogP contribution < -0.4 is 15.2 Å². The Hall–Kier alpha value is -2.41. The van der Waals surface area contributed by atoms with E-state index in [0.29, 0.717) is 40.2 Å². The number of rotatable bonds is 9. The van der Waals surface area contributed by atoms with E-state index in [1.807, 2.05) is 36.5 Å².